The molecule has 0 amide bonds. The van der Waals surface area contributed by atoms with Crippen LogP contribution in [0.1, 0.15) is 76.7 Å². The van der Waals surface area contributed by atoms with Crippen LogP contribution in [0.2, 0.25) is 0 Å². The van der Waals surface area contributed by atoms with Crippen molar-refractivity contribution in [3.05, 3.63) is 35.9 Å². The third-order valence-corrected chi connectivity index (χ3v) is 4.25. The molecule has 0 radical (unpaired) electrons. The molecule has 0 aliphatic heterocycles. The van der Waals surface area contributed by atoms with Gasteiger partial charge in [-0.15, -0.1) is 0 Å². The Balaban J connectivity index is 2.01. The number of benzene rings is 1. The van der Waals surface area contributed by atoms with E-state index in [0.29, 0.717) is 6.04 Å². The Bertz CT molecular complexity index is 324. The van der Waals surface area contributed by atoms with Gasteiger partial charge in [-0.1, -0.05) is 82.2 Å². The summed E-state index contributed by atoms with van der Waals surface area (Å²) in [7, 11) is 0. The van der Waals surface area contributed by atoms with Gasteiger partial charge < -0.3 is 0 Å². The van der Waals surface area contributed by atoms with E-state index in [1.54, 1.807) is 0 Å². The first-order valence-electron chi connectivity index (χ1n) is 8.87. The molecule has 0 saturated heterocycles. The fourth-order valence-corrected chi connectivity index (χ4v) is 2.86. The molecule has 1 aromatic rings. The predicted octanol–water partition coefficient (Wildman–Crippen LogP) is 4.98. The highest BCUT2D eigenvalue weighted by molar-refractivity contribution is 5.14. The summed E-state index contributed by atoms with van der Waals surface area (Å²) in [5, 5.41) is 0. The summed E-state index contributed by atoms with van der Waals surface area (Å²) in [4.78, 5) is 0. The van der Waals surface area contributed by atoms with E-state index in [1.807, 2.05) is 0 Å². The average molecular weight is 290 g/mol. The molecule has 0 bridgehead atoms. The quantitative estimate of drug-likeness (QED) is 0.305. The van der Waals surface area contributed by atoms with Crippen molar-refractivity contribution < 1.29 is 0 Å². The lowest BCUT2D eigenvalue weighted by Gasteiger charge is -2.15. The number of nitrogens with one attached hydrogen (secondary N) is 1. The molecule has 1 aromatic carbocycles. The molecule has 0 aliphatic rings. The zero-order valence-electron chi connectivity index (χ0n) is 13.8. The molecular weight excluding hydrogens is 256 g/mol. The maximum absolute atomic E-state index is 5.68. The zero-order chi connectivity index (χ0) is 15.2. The molecule has 0 aromatic heterocycles. The average Bonchev–Trinajstić information content (AvgIpc) is 2.53. The number of hydrogen-bond donors (Lipinski definition) is 2. The molecule has 1 rings (SSSR count). The molecule has 1 unspecified atom stereocenters. The molecule has 120 valence electrons. The predicted molar refractivity (Wildman–Crippen MR) is 93.1 cm³/mol. The van der Waals surface area contributed by atoms with Gasteiger partial charge in [0.2, 0.25) is 0 Å². The summed E-state index contributed by atoms with van der Waals surface area (Å²) < 4.78 is 0. The lowest BCUT2D eigenvalue weighted by Crippen LogP contribution is -2.35. The highest BCUT2D eigenvalue weighted by atomic mass is 15.2. The molecule has 0 spiro atoms. The van der Waals surface area contributed by atoms with E-state index in [4.69, 9.17) is 5.84 Å². The minimum absolute atomic E-state index is 0.490. The van der Waals surface area contributed by atoms with Gasteiger partial charge in [-0.2, -0.15) is 0 Å². The second kappa shape index (κ2) is 12.8. The minimum atomic E-state index is 0.490. The summed E-state index contributed by atoms with van der Waals surface area (Å²) in [6.45, 7) is 2.27. The summed E-state index contributed by atoms with van der Waals surface area (Å²) >= 11 is 0. The minimum Gasteiger partial charge on any atom is -0.271 e. The topological polar surface area (TPSA) is 38.0 Å². The van der Waals surface area contributed by atoms with E-state index in [9.17, 15) is 0 Å². The fourth-order valence-electron chi connectivity index (χ4n) is 2.86. The van der Waals surface area contributed by atoms with Gasteiger partial charge in [0.05, 0.1) is 0 Å². The second-order valence-corrected chi connectivity index (χ2v) is 6.15. The van der Waals surface area contributed by atoms with Crippen molar-refractivity contribution >= 4 is 0 Å². The van der Waals surface area contributed by atoms with Crippen molar-refractivity contribution in [3.63, 3.8) is 0 Å². The zero-order valence-corrected chi connectivity index (χ0v) is 13.8. The van der Waals surface area contributed by atoms with Gasteiger partial charge in [-0.05, 0) is 31.2 Å². The molecule has 0 saturated carbocycles. The molecule has 0 aliphatic carbocycles. The van der Waals surface area contributed by atoms with Crippen molar-refractivity contribution in [1.29, 1.82) is 0 Å². The van der Waals surface area contributed by atoms with E-state index in [1.165, 1.54) is 69.8 Å². The molecule has 3 N–H and O–H groups in total. The monoisotopic (exact) mass is 290 g/mol. The van der Waals surface area contributed by atoms with Crippen LogP contribution in [0, 0.1) is 0 Å². The highest BCUT2D eigenvalue weighted by Gasteiger charge is 2.06. The lowest BCUT2D eigenvalue weighted by atomic mass is 10.00. The van der Waals surface area contributed by atoms with Crippen LogP contribution in [0.3, 0.4) is 0 Å². The third-order valence-electron chi connectivity index (χ3n) is 4.25. The Morgan fingerprint density at radius 2 is 1.48 bits per heavy atom. The number of nitrogens with two attached hydrogens (primary N) is 1. The van der Waals surface area contributed by atoms with E-state index in [2.05, 4.69) is 42.7 Å². The molecule has 2 nitrogen and oxygen atoms in total. The van der Waals surface area contributed by atoms with Gasteiger partial charge in [0.25, 0.3) is 0 Å². The number of unbranched alkanes of at least 4 members (excludes halogenated alkanes) is 6. The summed E-state index contributed by atoms with van der Waals surface area (Å²) in [6, 6.07) is 11.2. The maximum Gasteiger partial charge on any atom is 0.0210 e. The first-order valence-corrected chi connectivity index (χ1v) is 8.87. The molecule has 21 heavy (non-hydrogen) atoms. The first-order chi connectivity index (χ1) is 10.4. The Hall–Kier alpha value is -0.860. The van der Waals surface area contributed by atoms with Crippen LogP contribution in [-0.2, 0) is 6.42 Å². The summed E-state index contributed by atoms with van der Waals surface area (Å²) in [5.41, 5.74) is 4.43. The molecule has 0 fully saturated rings. The van der Waals surface area contributed by atoms with Crippen LogP contribution < -0.4 is 11.3 Å². The van der Waals surface area contributed by atoms with Crippen molar-refractivity contribution in [2.45, 2.75) is 83.6 Å². The molecule has 2 heteroatoms. The van der Waals surface area contributed by atoms with Gasteiger partial charge in [0.1, 0.15) is 0 Å². The van der Waals surface area contributed by atoms with Gasteiger partial charge in [0.15, 0.2) is 0 Å². The molecule has 0 heterocycles. The van der Waals surface area contributed by atoms with Crippen LogP contribution in [-0.4, -0.2) is 6.04 Å². The Labute approximate surface area is 131 Å². The largest absolute Gasteiger partial charge is 0.271 e. The fraction of sp³-hybridized carbons (Fsp3) is 0.684. The van der Waals surface area contributed by atoms with Gasteiger partial charge in [-0.25, -0.2) is 0 Å². The van der Waals surface area contributed by atoms with E-state index < -0.39 is 0 Å². The number of hydrogen-bond acceptors (Lipinski definition) is 2. The van der Waals surface area contributed by atoms with Crippen LogP contribution in [0.15, 0.2) is 30.3 Å². The SMILES string of the molecule is CCCCCCCCCC(CCCc1ccccc1)NN. The Morgan fingerprint density at radius 3 is 2.14 bits per heavy atom. The maximum atomic E-state index is 5.68. The summed E-state index contributed by atoms with van der Waals surface area (Å²) in [6.07, 6.45) is 14.4. The van der Waals surface area contributed by atoms with Crippen molar-refractivity contribution in [1.82, 2.24) is 5.43 Å². The van der Waals surface area contributed by atoms with Crippen molar-refractivity contribution in [2.75, 3.05) is 0 Å². The van der Waals surface area contributed by atoms with Gasteiger partial charge >= 0.3 is 0 Å². The van der Waals surface area contributed by atoms with E-state index in [-0.39, 0.29) is 0 Å². The first kappa shape index (κ1) is 18.2. The van der Waals surface area contributed by atoms with Gasteiger partial charge in [0, 0.05) is 6.04 Å². The normalized spacial score (nSPS) is 12.5. The Kier molecular flexibility index (Phi) is 11.1. The van der Waals surface area contributed by atoms with Crippen LogP contribution >= 0.6 is 0 Å². The van der Waals surface area contributed by atoms with Crippen LogP contribution in [0.4, 0.5) is 0 Å². The third kappa shape index (κ3) is 9.65. The standard InChI is InChI=1S/C19H34N2/c1-2-3-4-5-6-7-11-16-19(21-20)17-12-15-18-13-9-8-10-14-18/h8-10,13-14,19,21H,2-7,11-12,15-17,20H2,1H3. The molecule has 1 atom stereocenters. The van der Waals surface area contributed by atoms with E-state index >= 15 is 0 Å². The lowest BCUT2D eigenvalue weighted by molar-refractivity contribution is 0.428. The number of rotatable bonds is 13. The smallest absolute Gasteiger partial charge is 0.0210 e. The van der Waals surface area contributed by atoms with Crippen molar-refractivity contribution in [3.8, 4) is 0 Å². The van der Waals surface area contributed by atoms with Crippen LogP contribution in [0.25, 0.3) is 0 Å². The number of hydrazine groups is 1. The van der Waals surface area contributed by atoms with Gasteiger partial charge in [-0.3, -0.25) is 11.3 Å². The van der Waals surface area contributed by atoms with E-state index in [0.717, 1.165) is 6.42 Å². The van der Waals surface area contributed by atoms with Crippen LogP contribution in [0.5, 0.6) is 0 Å². The highest BCUT2D eigenvalue weighted by Crippen LogP contribution is 2.13. The summed E-state index contributed by atoms with van der Waals surface area (Å²) in [5.74, 6) is 5.68. The van der Waals surface area contributed by atoms with Crippen molar-refractivity contribution in [2.24, 2.45) is 5.84 Å². The second-order valence-electron chi connectivity index (χ2n) is 6.15. The Morgan fingerprint density at radius 1 is 0.857 bits per heavy atom. The molecular formula is C19H34N2. The number of aryl methyl sites for hydroxylation is 1.